The molecule has 6 nitrogen and oxygen atoms in total. The molecule has 2 heterocycles. The average Bonchev–Trinajstić information content (AvgIpc) is 3.10. The van der Waals surface area contributed by atoms with Gasteiger partial charge < -0.3 is 4.90 Å². The third-order valence-electron chi connectivity index (χ3n) is 4.07. The molecule has 3 rings (SSSR count). The fourth-order valence-electron chi connectivity index (χ4n) is 2.56. The number of anilines is 1. The normalized spacial score (nSPS) is 16.5. The summed E-state index contributed by atoms with van der Waals surface area (Å²) in [5, 5.41) is 0.699. The summed E-state index contributed by atoms with van der Waals surface area (Å²) in [6.07, 6.45) is 0. The van der Waals surface area contributed by atoms with Crippen molar-refractivity contribution in [2.24, 2.45) is 0 Å². The molecule has 0 atom stereocenters. The van der Waals surface area contributed by atoms with E-state index in [2.05, 4.69) is 9.36 Å². The molecule has 11 heteroatoms. The van der Waals surface area contributed by atoms with Crippen molar-refractivity contribution >= 4 is 26.7 Å². The minimum Gasteiger partial charge on any atom is -0.344 e. The Balaban J connectivity index is 1.75. The van der Waals surface area contributed by atoms with Gasteiger partial charge in [-0.05, 0) is 12.1 Å². The molecule has 1 aliphatic rings. The first kappa shape index (κ1) is 19.1. The Morgan fingerprint density at radius 2 is 1.73 bits per heavy atom. The SMILES string of the molecule is CC(C)c1nsc(N2CCN(S(=O)(=O)c3ccc(F)c(F)c3F)CC2)n1. The lowest BCUT2D eigenvalue weighted by Crippen LogP contribution is -2.48. The van der Waals surface area contributed by atoms with Gasteiger partial charge in [0, 0.05) is 43.6 Å². The highest BCUT2D eigenvalue weighted by Gasteiger charge is 2.33. The van der Waals surface area contributed by atoms with Crippen molar-refractivity contribution in [3.63, 3.8) is 0 Å². The topological polar surface area (TPSA) is 66.4 Å². The molecule has 0 amide bonds. The van der Waals surface area contributed by atoms with Gasteiger partial charge in [0.2, 0.25) is 15.2 Å². The summed E-state index contributed by atoms with van der Waals surface area (Å²) in [7, 11) is -4.25. The third kappa shape index (κ3) is 3.42. The molecule has 0 spiro atoms. The van der Waals surface area contributed by atoms with Crippen molar-refractivity contribution in [1.82, 2.24) is 13.7 Å². The minimum atomic E-state index is -4.25. The summed E-state index contributed by atoms with van der Waals surface area (Å²) < 4.78 is 70.8. The molecule has 142 valence electrons. The molecule has 0 bridgehead atoms. The van der Waals surface area contributed by atoms with E-state index in [1.165, 1.54) is 11.5 Å². The van der Waals surface area contributed by atoms with Gasteiger partial charge in [0.25, 0.3) is 0 Å². The van der Waals surface area contributed by atoms with Gasteiger partial charge in [-0.25, -0.2) is 26.6 Å². The Hall–Kier alpha value is -1.72. The van der Waals surface area contributed by atoms with Gasteiger partial charge in [-0.15, -0.1) is 0 Å². The van der Waals surface area contributed by atoms with Crippen LogP contribution in [-0.4, -0.2) is 48.3 Å². The Kier molecular flexibility index (Phi) is 5.22. The molecule has 26 heavy (non-hydrogen) atoms. The van der Waals surface area contributed by atoms with Crippen molar-refractivity contribution in [3.05, 3.63) is 35.4 Å². The number of nitrogens with zero attached hydrogens (tertiary/aromatic N) is 4. The zero-order chi connectivity index (χ0) is 19.1. The minimum absolute atomic E-state index is 0.0807. The van der Waals surface area contributed by atoms with E-state index in [1.807, 2.05) is 18.7 Å². The molecular formula is C15H17F3N4O2S2. The maximum atomic E-state index is 13.9. The molecule has 1 fully saturated rings. The summed E-state index contributed by atoms with van der Waals surface area (Å²) in [4.78, 5) is 5.47. The Morgan fingerprint density at radius 3 is 2.31 bits per heavy atom. The van der Waals surface area contributed by atoms with E-state index >= 15 is 0 Å². The first-order valence-corrected chi connectivity index (χ1v) is 10.2. The van der Waals surface area contributed by atoms with Crippen molar-refractivity contribution in [1.29, 1.82) is 0 Å². The van der Waals surface area contributed by atoms with Crippen LogP contribution in [0.25, 0.3) is 0 Å². The predicted molar refractivity (Wildman–Crippen MR) is 91.3 cm³/mol. The first-order chi connectivity index (χ1) is 12.2. The van der Waals surface area contributed by atoms with Gasteiger partial charge in [0.1, 0.15) is 10.7 Å². The van der Waals surface area contributed by atoms with Crippen LogP contribution >= 0.6 is 11.5 Å². The van der Waals surface area contributed by atoms with Crippen molar-refractivity contribution in [2.45, 2.75) is 24.7 Å². The van der Waals surface area contributed by atoms with E-state index in [4.69, 9.17) is 0 Å². The highest BCUT2D eigenvalue weighted by molar-refractivity contribution is 7.89. The van der Waals surface area contributed by atoms with Crippen LogP contribution in [0.1, 0.15) is 25.6 Å². The number of piperazine rings is 1. The zero-order valence-corrected chi connectivity index (χ0v) is 15.7. The number of sulfonamides is 1. The second kappa shape index (κ2) is 7.12. The zero-order valence-electron chi connectivity index (χ0n) is 14.1. The van der Waals surface area contributed by atoms with Crippen molar-refractivity contribution in [3.8, 4) is 0 Å². The molecule has 0 aliphatic carbocycles. The van der Waals surface area contributed by atoms with E-state index in [0.717, 1.165) is 16.2 Å². The van der Waals surface area contributed by atoms with Crippen LogP contribution in [0.5, 0.6) is 0 Å². The van der Waals surface area contributed by atoms with Gasteiger partial charge in [-0.2, -0.15) is 8.68 Å². The molecule has 0 unspecified atom stereocenters. The maximum absolute atomic E-state index is 13.9. The number of hydrogen-bond acceptors (Lipinski definition) is 6. The molecule has 1 aromatic heterocycles. The van der Waals surface area contributed by atoms with Crippen molar-refractivity contribution < 1.29 is 21.6 Å². The van der Waals surface area contributed by atoms with E-state index in [9.17, 15) is 21.6 Å². The average molecular weight is 406 g/mol. The van der Waals surface area contributed by atoms with Crippen LogP contribution in [0.2, 0.25) is 0 Å². The van der Waals surface area contributed by atoms with Crippen LogP contribution in [0.3, 0.4) is 0 Å². The van der Waals surface area contributed by atoms with E-state index < -0.39 is 32.4 Å². The van der Waals surface area contributed by atoms with Crippen LogP contribution in [0.4, 0.5) is 18.3 Å². The van der Waals surface area contributed by atoms with Crippen LogP contribution < -0.4 is 4.90 Å². The highest BCUT2D eigenvalue weighted by atomic mass is 32.2. The fourth-order valence-corrected chi connectivity index (χ4v) is 4.89. The van der Waals surface area contributed by atoms with Crippen LogP contribution in [-0.2, 0) is 10.0 Å². The molecule has 0 radical (unpaired) electrons. The van der Waals surface area contributed by atoms with Crippen molar-refractivity contribution in [2.75, 3.05) is 31.1 Å². The molecule has 0 N–H and O–H groups in total. The number of aromatic nitrogens is 2. The molecule has 2 aromatic rings. The van der Waals surface area contributed by atoms with E-state index in [-0.39, 0.29) is 19.0 Å². The first-order valence-electron chi connectivity index (χ1n) is 7.94. The lowest BCUT2D eigenvalue weighted by atomic mass is 10.2. The van der Waals surface area contributed by atoms with Gasteiger partial charge >= 0.3 is 0 Å². The largest absolute Gasteiger partial charge is 0.344 e. The Labute approximate surface area is 153 Å². The third-order valence-corrected chi connectivity index (χ3v) is 6.78. The lowest BCUT2D eigenvalue weighted by molar-refractivity contribution is 0.377. The van der Waals surface area contributed by atoms with Crippen LogP contribution in [0, 0.1) is 17.5 Å². The summed E-state index contributed by atoms with van der Waals surface area (Å²) in [5.74, 6) is -4.00. The smallest absolute Gasteiger partial charge is 0.246 e. The second-order valence-corrected chi connectivity index (χ2v) is 8.79. The summed E-state index contributed by atoms with van der Waals surface area (Å²) in [6.45, 7) is 4.81. The predicted octanol–water partition coefficient (Wildman–Crippen LogP) is 2.59. The van der Waals surface area contributed by atoms with Crippen LogP contribution in [0.15, 0.2) is 17.0 Å². The van der Waals surface area contributed by atoms with E-state index in [0.29, 0.717) is 24.3 Å². The molecule has 1 saturated heterocycles. The highest BCUT2D eigenvalue weighted by Crippen LogP contribution is 2.26. The van der Waals surface area contributed by atoms with E-state index in [1.54, 1.807) is 0 Å². The summed E-state index contributed by atoms with van der Waals surface area (Å²) >= 11 is 1.24. The Bertz CT molecular complexity index is 910. The standard InChI is InChI=1S/C15H17F3N4O2S2/c1-9(2)14-19-15(25-20-14)21-5-7-22(8-6-21)26(23,24)11-4-3-10(16)12(17)13(11)18/h3-4,9H,5-8H2,1-2H3. The monoisotopic (exact) mass is 406 g/mol. The number of hydrogen-bond donors (Lipinski definition) is 0. The van der Waals surface area contributed by atoms with Gasteiger partial charge in [-0.1, -0.05) is 13.8 Å². The second-order valence-electron chi connectivity index (χ2n) is 6.15. The van der Waals surface area contributed by atoms with Gasteiger partial charge in [0.05, 0.1) is 0 Å². The van der Waals surface area contributed by atoms with Gasteiger partial charge in [0.15, 0.2) is 17.5 Å². The number of halogens is 3. The maximum Gasteiger partial charge on any atom is 0.246 e. The number of rotatable bonds is 4. The molecule has 1 aromatic carbocycles. The lowest BCUT2D eigenvalue weighted by Gasteiger charge is -2.33. The summed E-state index contributed by atoms with van der Waals surface area (Å²) in [6, 6.07) is 1.35. The molecular weight excluding hydrogens is 389 g/mol. The fraction of sp³-hybridized carbons (Fsp3) is 0.467. The summed E-state index contributed by atoms with van der Waals surface area (Å²) in [5.41, 5.74) is 0. The number of benzene rings is 1. The van der Waals surface area contributed by atoms with Gasteiger partial charge in [-0.3, -0.25) is 0 Å². The Morgan fingerprint density at radius 1 is 1.08 bits per heavy atom. The molecule has 1 aliphatic heterocycles. The quantitative estimate of drug-likeness (QED) is 0.731. The molecule has 0 saturated carbocycles.